The molecule has 1 aromatic heterocycles. The van der Waals surface area contributed by atoms with Crippen LogP contribution in [0.2, 0.25) is 0 Å². The van der Waals surface area contributed by atoms with Crippen molar-refractivity contribution in [1.29, 1.82) is 0 Å². The van der Waals surface area contributed by atoms with E-state index in [4.69, 9.17) is 4.74 Å². The Morgan fingerprint density at radius 2 is 1.80 bits per heavy atom. The van der Waals surface area contributed by atoms with E-state index in [-0.39, 0.29) is 5.41 Å². The number of aromatic nitrogens is 2. The van der Waals surface area contributed by atoms with Crippen molar-refractivity contribution in [2.24, 2.45) is 0 Å². The molecule has 3 aromatic rings. The summed E-state index contributed by atoms with van der Waals surface area (Å²) in [6, 6.07) is 16.1. The van der Waals surface area contributed by atoms with Gasteiger partial charge in [0.15, 0.2) is 12.1 Å². The molecule has 2 aromatic carbocycles. The Bertz CT molecular complexity index is 858. The molecule has 0 aliphatic rings. The topological polar surface area (TPSA) is 44.1 Å². The number of aldehydes is 1. The lowest BCUT2D eigenvalue weighted by Gasteiger charge is -2.19. The maximum atomic E-state index is 11.2. The van der Waals surface area contributed by atoms with Crippen LogP contribution in [0, 0.1) is 0 Å². The summed E-state index contributed by atoms with van der Waals surface area (Å²) >= 11 is 0. The van der Waals surface area contributed by atoms with Crippen LogP contribution in [-0.4, -0.2) is 22.4 Å². The molecule has 130 valence electrons. The molecule has 0 aliphatic heterocycles. The molecule has 25 heavy (non-hydrogen) atoms. The summed E-state index contributed by atoms with van der Waals surface area (Å²) in [7, 11) is 0. The van der Waals surface area contributed by atoms with E-state index in [0.29, 0.717) is 19.0 Å². The minimum Gasteiger partial charge on any atom is -0.494 e. The minimum absolute atomic E-state index is 0.145. The molecule has 0 aliphatic carbocycles. The quantitative estimate of drug-likeness (QED) is 0.487. The third kappa shape index (κ3) is 3.90. The molecule has 0 saturated carbocycles. The van der Waals surface area contributed by atoms with Crippen molar-refractivity contribution in [1.82, 2.24) is 9.55 Å². The van der Waals surface area contributed by atoms with E-state index in [0.717, 1.165) is 29.5 Å². The van der Waals surface area contributed by atoms with Crippen molar-refractivity contribution in [2.75, 3.05) is 6.61 Å². The average Bonchev–Trinajstić information content (AvgIpc) is 2.96. The largest absolute Gasteiger partial charge is 0.494 e. The van der Waals surface area contributed by atoms with Gasteiger partial charge in [0.05, 0.1) is 17.6 Å². The number of hydrogen-bond donors (Lipinski definition) is 0. The molecule has 0 unspecified atom stereocenters. The van der Waals surface area contributed by atoms with Crippen LogP contribution >= 0.6 is 0 Å². The molecule has 0 saturated heterocycles. The van der Waals surface area contributed by atoms with Gasteiger partial charge in [0.2, 0.25) is 0 Å². The van der Waals surface area contributed by atoms with E-state index >= 15 is 0 Å². The number of fused-ring (bicyclic) bond motifs is 1. The Hall–Kier alpha value is -2.62. The second-order valence-electron chi connectivity index (χ2n) is 7.20. The molecular formula is C21H24N2O2. The zero-order chi connectivity index (χ0) is 17.9. The molecule has 0 fully saturated rings. The molecule has 0 bridgehead atoms. The smallest absolute Gasteiger partial charge is 0.185 e. The van der Waals surface area contributed by atoms with Crippen LogP contribution in [0.4, 0.5) is 0 Å². The first kappa shape index (κ1) is 17.2. The van der Waals surface area contributed by atoms with Crippen LogP contribution < -0.4 is 4.74 Å². The molecular weight excluding hydrogens is 312 g/mol. The van der Waals surface area contributed by atoms with Crippen molar-refractivity contribution in [3.8, 4) is 5.75 Å². The number of aryl methyl sites for hydroxylation is 1. The number of ether oxygens (including phenoxy) is 1. The summed E-state index contributed by atoms with van der Waals surface area (Å²) in [6.07, 6.45) is 1.62. The normalized spacial score (nSPS) is 11.6. The van der Waals surface area contributed by atoms with Gasteiger partial charge in [-0.05, 0) is 41.7 Å². The summed E-state index contributed by atoms with van der Waals surface area (Å²) in [4.78, 5) is 15.6. The summed E-state index contributed by atoms with van der Waals surface area (Å²) in [6.45, 7) is 7.89. The van der Waals surface area contributed by atoms with Crippen molar-refractivity contribution in [2.45, 2.75) is 39.2 Å². The van der Waals surface area contributed by atoms with E-state index in [9.17, 15) is 4.79 Å². The van der Waals surface area contributed by atoms with Gasteiger partial charge in [-0.2, -0.15) is 0 Å². The third-order valence-corrected chi connectivity index (χ3v) is 4.30. The highest BCUT2D eigenvalue weighted by molar-refractivity contribution is 5.82. The van der Waals surface area contributed by atoms with Crippen molar-refractivity contribution < 1.29 is 9.53 Å². The lowest BCUT2D eigenvalue weighted by molar-refractivity contribution is 0.111. The molecule has 4 nitrogen and oxygen atoms in total. The number of nitrogens with zero attached hydrogens (tertiary/aromatic N) is 2. The Morgan fingerprint density at radius 1 is 1.08 bits per heavy atom. The molecule has 0 radical (unpaired) electrons. The average molecular weight is 336 g/mol. The van der Waals surface area contributed by atoms with Gasteiger partial charge >= 0.3 is 0 Å². The van der Waals surface area contributed by atoms with Gasteiger partial charge in [0.25, 0.3) is 0 Å². The number of benzene rings is 2. The highest BCUT2D eigenvalue weighted by Gasteiger charge is 2.13. The van der Waals surface area contributed by atoms with Gasteiger partial charge < -0.3 is 9.30 Å². The zero-order valence-corrected chi connectivity index (χ0v) is 15.0. The maximum Gasteiger partial charge on any atom is 0.185 e. The summed E-state index contributed by atoms with van der Waals surface area (Å²) in [5, 5.41) is 0. The Kier molecular flexibility index (Phi) is 4.88. The molecule has 3 rings (SSSR count). The SMILES string of the molecule is CC(C)(C)c1ccc(OCCCn2c(C=O)nc3ccccc32)cc1. The zero-order valence-electron chi connectivity index (χ0n) is 15.0. The fourth-order valence-corrected chi connectivity index (χ4v) is 2.88. The van der Waals surface area contributed by atoms with Crippen molar-refractivity contribution in [3.63, 3.8) is 0 Å². The predicted molar refractivity (Wildman–Crippen MR) is 100 cm³/mol. The van der Waals surface area contributed by atoms with Gasteiger partial charge in [-0.15, -0.1) is 0 Å². The lowest BCUT2D eigenvalue weighted by Crippen LogP contribution is -2.11. The molecule has 1 heterocycles. The number of carbonyl (C=O) groups is 1. The van der Waals surface area contributed by atoms with Gasteiger partial charge in [0.1, 0.15) is 5.75 Å². The van der Waals surface area contributed by atoms with E-state index < -0.39 is 0 Å². The second-order valence-corrected chi connectivity index (χ2v) is 7.20. The van der Waals surface area contributed by atoms with Crippen LogP contribution in [0.1, 0.15) is 43.4 Å². The van der Waals surface area contributed by atoms with Crippen LogP contribution in [0.5, 0.6) is 5.75 Å². The number of para-hydroxylation sites is 2. The maximum absolute atomic E-state index is 11.2. The van der Waals surface area contributed by atoms with Gasteiger partial charge in [-0.25, -0.2) is 4.98 Å². The Labute approximate surface area is 148 Å². The van der Waals surface area contributed by atoms with Crippen molar-refractivity contribution in [3.05, 3.63) is 59.9 Å². The standard InChI is InChI=1S/C21H24N2O2/c1-21(2,3)16-9-11-17(12-10-16)25-14-6-13-23-19-8-5-4-7-18(19)22-20(23)15-24/h4-5,7-12,15H,6,13-14H2,1-3H3. The van der Waals surface area contributed by atoms with Gasteiger partial charge in [-0.3, -0.25) is 4.79 Å². The highest BCUT2D eigenvalue weighted by Crippen LogP contribution is 2.24. The fraction of sp³-hybridized carbons (Fsp3) is 0.333. The number of carbonyl (C=O) groups excluding carboxylic acids is 1. The van der Waals surface area contributed by atoms with Gasteiger partial charge in [-0.1, -0.05) is 45.0 Å². The molecule has 0 amide bonds. The molecule has 0 atom stereocenters. The van der Waals surface area contributed by atoms with Crippen LogP contribution in [0.3, 0.4) is 0 Å². The van der Waals surface area contributed by atoms with E-state index in [2.05, 4.69) is 37.9 Å². The Balaban J connectivity index is 1.60. The van der Waals surface area contributed by atoms with E-state index in [1.807, 2.05) is 41.0 Å². The van der Waals surface area contributed by atoms with Crippen LogP contribution in [0.25, 0.3) is 11.0 Å². The van der Waals surface area contributed by atoms with Crippen molar-refractivity contribution >= 4 is 17.3 Å². The lowest BCUT2D eigenvalue weighted by atomic mass is 9.87. The Morgan fingerprint density at radius 3 is 2.48 bits per heavy atom. The predicted octanol–water partition coefficient (Wildman–Crippen LogP) is 4.62. The highest BCUT2D eigenvalue weighted by atomic mass is 16.5. The van der Waals surface area contributed by atoms with Crippen LogP contribution in [0.15, 0.2) is 48.5 Å². The number of rotatable bonds is 6. The number of hydrogen-bond acceptors (Lipinski definition) is 3. The summed E-state index contributed by atoms with van der Waals surface area (Å²) < 4.78 is 7.79. The minimum atomic E-state index is 0.145. The van der Waals surface area contributed by atoms with E-state index in [1.165, 1.54) is 5.56 Å². The first-order chi connectivity index (χ1) is 12.0. The van der Waals surface area contributed by atoms with Crippen LogP contribution in [-0.2, 0) is 12.0 Å². The van der Waals surface area contributed by atoms with Gasteiger partial charge in [0, 0.05) is 6.54 Å². The summed E-state index contributed by atoms with van der Waals surface area (Å²) in [5.74, 6) is 1.34. The fourth-order valence-electron chi connectivity index (χ4n) is 2.88. The molecule has 4 heteroatoms. The molecule has 0 N–H and O–H groups in total. The number of imidazole rings is 1. The first-order valence-electron chi connectivity index (χ1n) is 8.63. The third-order valence-electron chi connectivity index (χ3n) is 4.30. The second kappa shape index (κ2) is 7.09. The molecule has 0 spiro atoms. The summed E-state index contributed by atoms with van der Waals surface area (Å²) in [5.41, 5.74) is 3.27. The first-order valence-corrected chi connectivity index (χ1v) is 8.63. The van der Waals surface area contributed by atoms with E-state index in [1.54, 1.807) is 0 Å². The monoisotopic (exact) mass is 336 g/mol.